The minimum atomic E-state index is -0.110. The molecule has 1 aromatic carbocycles. The van der Waals surface area contributed by atoms with Crippen LogP contribution >= 0.6 is 0 Å². The van der Waals surface area contributed by atoms with E-state index in [1.165, 1.54) is 24.0 Å². The number of ether oxygens (including phenoxy) is 1. The zero-order chi connectivity index (χ0) is 14.9. The summed E-state index contributed by atoms with van der Waals surface area (Å²) in [5, 5.41) is 0. The Hall–Kier alpha value is -1.15. The second kappa shape index (κ2) is 5.92. The molecule has 0 N–H and O–H groups in total. The van der Waals surface area contributed by atoms with Gasteiger partial charge in [-0.15, -0.1) is 0 Å². The first kappa shape index (κ1) is 14.8. The Kier molecular flexibility index (Phi) is 4.17. The molecule has 1 aromatic rings. The first-order valence-electron chi connectivity index (χ1n) is 8.38. The second-order valence-corrected chi connectivity index (χ2v) is 6.82. The molecule has 1 spiro atoms. The Morgan fingerprint density at radius 1 is 1.29 bits per heavy atom. The lowest BCUT2D eigenvalue weighted by molar-refractivity contribution is 0.0285. The highest BCUT2D eigenvalue weighted by Crippen LogP contribution is 2.47. The molecule has 114 valence electrons. The molecule has 0 atom stereocenters. The number of hydrogen-bond donors (Lipinski definition) is 0. The van der Waals surface area contributed by atoms with Gasteiger partial charge in [0.15, 0.2) is 5.78 Å². The maximum absolute atomic E-state index is 13.0. The lowest BCUT2D eigenvalue weighted by Gasteiger charge is -2.35. The summed E-state index contributed by atoms with van der Waals surface area (Å²) in [5.41, 5.74) is 3.50. The molecule has 1 fully saturated rings. The zero-order valence-electron chi connectivity index (χ0n) is 13.3. The van der Waals surface area contributed by atoms with Crippen molar-refractivity contribution in [3.8, 4) is 0 Å². The van der Waals surface area contributed by atoms with E-state index in [0.717, 1.165) is 44.1 Å². The number of hydrogen-bond acceptors (Lipinski definition) is 2. The summed E-state index contributed by atoms with van der Waals surface area (Å²) in [6.45, 7) is 2.21. The summed E-state index contributed by atoms with van der Waals surface area (Å²) in [4.78, 5) is 13.0. The molecule has 2 nitrogen and oxygen atoms in total. The minimum absolute atomic E-state index is 0.110. The number of ketones is 1. The van der Waals surface area contributed by atoms with Gasteiger partial charge >= 0.3 is 0 Å². The molecular weight excluding hydrogens is 260 g/mol. The van der Waals surface area contributed by atoms with E-state index >= 15 is 0 Å². The maximum Gasteiger partial charge on any atom is 0.169 e. The van der Waals surface area contributed by atoms with Crippen LogP contribution in [0.25, 0.3) is 0 Å². The van der Waals surface area contributed by atoms with E-state index in [9.17, 15) is 4.79 Å². The van der Waals surface area contributed by atoms with Crippen molar-refractivity contribution in [3.63, 3.8) is 0 Å². The number of benzene rings is 1. The van der Waals surface area contributed by atoms with Crippen molar-refractivity contribution in [3.05, 3.63) is 34.9 Å². The summed E-state index contributed by atoms with van der Waals surface area (Å²) in [6, 6.07) is 6.60. The van der Waals surface area contributed by atoms with Gasteiger partial charge in [0.25, 0.3) is 0 Å². The predicted octanol–water partition coefficient (Wildman–Crippen LogP) is 4.34. The third-order valence-corrected chi connectivity index (χ3v) is 5.47. The highest BCUT2D eigenvalue weighted by molar-refractivity contribution is 6.05. The van der Waals surface area contributed by atoms with Crippen LogP contribution in [0.2, 0.25) is 0 Å². The van der Waals surface area contributed by atoms with Crippen molar-refractivity contribution in [2.75, 3.05) is 7.11 Å². The van der Waals surface area contributed by atoms with E-state index in [1.807, 2.05) is 0 Å². The average molecular weight is 286 g/mol. The van der Waals surface area contributed by atoms with E-state index < -0.39 is 0 Å². The van der Waals surface area contributed by atoms with Gasteiger partial charge in [0.2, 0.25) is 0 Å². The summed E-state index contributed by atoms with van der Waals surface area (Å²) in [5.74, 6) is 0.408. The first-order chi connectivity index (χ1) is 10.2. The molecule has 0 amide bonds. The fourth-order valence-electron chi connectivity index (χ4n) is 4.04. The molecule has 0 unspecified atom stereocenters. The fraction of sp³-hybridized carbons (Fsp3) is 0.632. The quantitative estimate of drug-likeness (QED) is 0.823. The molecule has 0 saturated heterocycles. The van der Waals surface area contributed by atoms with Crippen LogP contribution in [0, 0.1) is 5.41 Å². The Bertz CT molecular complexity index is 524. The minimum Gasteiger partial charge on any atom is -0.381 e. The normalized spacial score (nSPS) is 28.1. The van der Waals surface area contributed by atoms with Crippen molar-refractivity contribution in [1.82, 2.24) is 0 Å². The molecule has 0 aromatic heterocycles. The van der Waals surface area contributed by atoms with Gasteiger partial charge in [-0.05, 0) is 62.1 Å². The summed E-state index contributed by atoms with van der Waals surface area (Å²) in [6.07, 6.45) is 8.83. The van der Waals surface area contributed by atoms with E-state index in [-0.39, 0.29) is 5.41 Å². The monoisotopic (exact) mass is 286 g/mol. The standard InChI is InChI=1S/C19H26O2/c1-3-4-5-14-6-7-15-13-19(18(20)17(15)12-14)10-8-16(21-2)9-11-19/h6-7,12,16H,3-5,8-11,13H2,1-2H3. The van der Waals surface area contributed by atoms with Crippen LogP contribution in [-0.2, 0) is 17.6 Å². The van der Waals surface area contributed by atoms with Crippen molar-refractivity contribution < 1.29 is 9.53 Å². The molecule has 0 bridgehead atoms. The zero-order valence-corrected chi connectivity index (χ0v) is 13.3. The number of aryl methyl sites for hydroxylation is 1. The molecule has 2 aliphatic rings. The third kappa shape index (κ3) is 2.66. The summed E-state index contributed by atoms with van der Waals surface area (Å²) in [7, 11) is 1.79. The Balaban J connectivity index is 1.79. The summed E-state index contributed by atoms with van der Waals surface area (Å²) < 4.78 is 5.46. The van der Waals surface area contributed by atoms with Gasteiger partial charge in [-0.2, -0.15) is 0 Å². The highest BCUT2D eigenvalue weighted by Gasteiger charge is 2.47. The van der Waals surface area contributed by atoms with Gasteiger partial charge in [-0.3, -0.25) is 4.79 Å². The van der Waals surface area contributed by atoms with Gasteiger partial charge in [-0.25, -0.2) is 0 Å². The van der Waals surface area contributed by atoms with Crippen molar-refractivity contribution in [2.24, 2.45) is 5.41 Å². The van der Waals surface area contributed by atoms with Crippen LogP contribution in [-0.4, -0.2) is 19.0 Å². The smallest absolute Gasteiger partial charge is 0.169 e. The molecule has 1 saturated carbocycles. The molecule has 0 radical (unpaired) electrons. The summed E-state index contributed by atoms with van der Waals surface area (Å²) >= 11 is 0. The lowest BCUT2D eigenvalue weighted by atomic mass is 9.70. The van der Waals surface area contributed by atoms with E-state index in [2.05, 4.69) is 25.1 Å². The first-order valence-corrected chi connectivity index (χ1v) is 8.38. The maximum atomic E-state index is 13.0. The number of carbonyl (C=O) groups is 1. The number of unbranched alkanes of at least 4 members (excludes halogenated alkanes) is 1. The SMILES string of the molecule is CCCCc1ccc2c(c1)C(=O)C1(CCC(OC)CC1)C2. The van der Waals surface area contributed by atoms with Crippen LogP contribution in [0.3, 0.4) is 0 Å². The molecular formula is C19H26O2. The van der Waals surface area contributed by atoms with Gasteiger partial charge in [-0.1, -0.05) is 25.5 Å². The highest BCUT2D eigenvalue weighted by atomic mass is 16.5. The fourth-order valence-corrected chi connectivity index (χ4v) is 4.04. The Morgan fingerprint density at radius 2 is 2.05 bits per heavy atom. The second-order valence-electron chi connectivity index (χ2n) is 6.82. The van der Waals surface area contributed by atoms with Crippen molar-refractivity contribution in [1.29, 1.82) is 0 Å². The predicted molar refractivity (Wildman–Crippen MR) is 84.8 cm³/mol. The van der Waals surface area contributed by atoms with Gasteiger partial charge in [0.05, 0.1) is 6.10 Å². The topological polar surface area (TPSA) is 26.3 Å². The molecule has 0 heterocycles. The number of carbonyl (C=O) groups excluding carboxylic acids is 1. The van der Waals surface area contributed by atoms with Crippen LogP contribution in [0.1, 0.15) is 66.9 Å². The molecule has 3 rings (SSSR count). The number of Topliss-reactive ketones (excluding diaryl/α,β-unsaturated/α-hetero) is 1. The lowest BCUT2D eigenvalue weighted by Crippen LogP contribution is -2.35. The van der Waals surface area contributed by atoms with Crippen LogP contribution < -0.4 is 0 Å². The van der Waals surface area contributed by atoms with Crippen molar-refractivity contribution in [2.45, 2.75) is 64.4 Å². The van der Waals surface area contributed by atoms with E-state index in [1.54, 1.807) is 7.11 Å². The van der Waals surface area contributed by atoms with Crippen molar-refractivity contribution >= 4 is 5.78 Å². The van der Waals surface area contributed by atoms with Gasteiger partial charge in [0, 0.05) is 18.1 Å². The Labute approximate surface area is 127 Å². The van der Waals surface area contributed by atoms with Gasteiger partial charge < -0.3 is 4.74 Å². The molecule has 21 heavy (non-hydrogen) atoms. The molecule has 0 aliphatic heterocycles. The van der Waals surface area contributed by atoms with E-state index in [0.29, 0.717) is 11.9 Å². The van der Waals surface area contributed by atoms with Crippen LogP contribution in [0.15, 0.2) is 18.2 Å². The Morgan fingerprint density at radius 3 is 2.71 bits per heavy atom. The average Bonchev–Trinajstić information content (AvgIpc) is 2.79. The molecule has 2 aliphatic carbocycles. The largest absolute Gasteiger partial charge is 0.381 e. The molecule has 2 heteroatoms. The number of fused-ring (bicyclic) bond motifs is 1. The van der Waals surface area contributed by atoms with Gasteiger partial charge in [0.1, 0.15) is 0 Å². The van der Waals surface area contributed by atoms with Crippen LogP contribution in [0.4, 0.5) is 0 Å². The number of rotatable bonds is 4. The third-order valence-electron chi connectivity index (χ3n) is 5.47. The van der Waals surface area contributed by atoms with E-state index in [4.69, 9.17) is 4.74 Å². The van der Waals surface area contributed by atoms with Crippen LogP contribution in [0.5, 0.6) is 0 Å². The number of methoxy groups -OCH3 is 1.